The zero-order valence-electron chi connectivity index (χ0n) is 13.8. The third-order valence-electron chi connectivity index (χ3n) is 3.65. The van der Waals surface area contributed by atoms with Crippen LogP contribution in [0.3, 0.4) is 0 Å². The van der Waals surface area contributed by atoms with Crippen molar-refractivity contribution in [2.24, 2.45) is 0 Å². The lowest BCUT2D eigenvalue weighted by molar-refractivity contribution is -0.123. The SMILES string of the molecule is O=C(COc1cc(O)c2c(=O)cc(-c3ccccc3)oc2c1)NCCO. The van der Waals surface area contributed by atoms with E-state index in [1.807, 2.05) is 18.2 Å². The van der Waals surface area contributed by atoms with Gasteiger partial charge in [0.15, 0.2) is 12.0 Å². The maximum absolute atomic E-state index is 12.3. The molecule has 0 radical (unpaired) electrons. The van der Waals surface area contributed by atoms with Crippen molar-refractivity contribution < 1.29 is 24.2 Å². The van der Waals surface area contributed by atoms with E-state index >= 15 is 0 Å². The van der Waals surface area contributed by atoms with Crippen LogP contribution in [0.15, 0.2) is 57.7 Å². The number of aromatic hydroxyl groups is 1. The summed E-state index contributed by atoms with van der Waals surface area (Å²) < 4.78 is 11.1. The summed E-state index contributed by atoms with van der Waals surface area (Å²) >= 11 is 0. The largest absolute Gasteiger partial charge is 0.507 e. The zero-order valence-corrected chi connectivity index (χ0v) is 13.8. The molecule has 134 valence electrons. The molecule has 0 aliphatic carbocycles. The van der Waals surface area contributed by atoms with Crippen molar-refractivity contribution in [3.8, 4) is 22.8 Å². The second kappa shape index (κ2) is 7.71. The molecule has 1 heterocycles. The van der Waals surface area contributed by atoms with Gasteiger partial charge < -0.3 is 24.7 Å². The molecule has 0 saturated heterocycles. The van der Waals surface area contributed by atoms with Crippen molar-refractivity contribution >= 4 is 16.9 Å². The van der Waals surface area contributed by atoms with Gasteiger partial charge in [-0.3, -0.25) is 9.59 Å². The van der Waals surface area contributed by atoms with Crippen LogP contribution in [0.4, 0.5) is 0 Å². The van der Waals surface area contributed by atoms with Crippen LogP contribution in [0.25, 0.3) is 22.3 Å². The quantitative estimate of drug-likeness (QED) is 0.620. The van der Waals surface area contributed by atoms with Crippen LogP contribution in [0.1, 0.15) is 0 Å². The number of ether oxygens (including phenoxy) is 1. The summed E-state index contributed by atoms with van der Waals surface area (Å²) in [6.45, 7) is -0.343. The van der Waals surface area contributed by atoms with E-state index in [1.165, 1.54) is 18.2 Å². The number of carbonyl (C=O) groups excluding carboxylic acids is 1. The molecule has 0 fully saturated rings. The van der Waals surface area contributed by atoms with Gasteiger partial charge in [0.25, 0.3) is 5.91 Å². The van der Waals surface area contributed by atoms with E-state index < -0.39 is 5.91 Å². The number of aliphatic hydroxyl groups is 1. The molecule has 7 heteroatoms. The summed E-state index contributed by atoms with van der Waals surface area (Å²) in [6, 6.07) is 13.1. The van der Waals surface area contributed by atoms with Crippen LogP contribution in [0, 0.1) is 0 Å². The molecular weight excluding hydrogens is 338 g/mol. The first-order valence-electron chi connectivity index (χ1n) is 7.95. The van der Waals surface area contributed by atoms with E-state index in [2.05, 4.69) is 5.32 Å². The van der Waals surface area contributed by atoms with Gasteiger partial charge >= 0.3 is 0 Å². The van der Waals surface area contributed by atoms with E-state index in [0.717, 1.165) is 5.56 Å². The minimum absolute atomic E-state index is 0.0433. The van der Waals surface area contributed by atoms with Gasteiger partial charge in [0, 0.05) is 30.3 Å². The zero-order chi connectivity index (χ0) is 18.5. The first-order valence-corrected chi connectivity index (χ1v) is 7.95. The van der Waals surface area contributed by atoms with Gasteiger partial charge in [-0.1, -0.05) is 30.3 Å². The smallest absolute Gasteiger partial charge is 0.258 e. The molecule has 0 saturated carbocycles. The number of aliphatic hydroxyl groups excluding tert-OH is 1. The monoisotopic (exact) mass is 355 g/mol. The highest BCUT2D eigenvalue weighted by Gasteiger charge is 2.13. The molecule has 3 N–H and O–H groups in total. The molecule has 0 unspecified atom stereocenters. The number of rotatable bonds is 6. The lowest BCUT2D eigenvalue weighted by Gasteiger charge is -2.09. The fraction of sp³-hybridized carbons (Fsp3) is 0.158. The third-order valence-corrected chi connectivity index (χ3v) is 3.65. The van der Waals surface area contributed by atoms with Crippen molar-refractivity contribution in [2.45, 2.75) is 0 Å². The number of hydrogen-bond acceptors (Lipinski definition) is 6. The van der Waals surface area contributed by atoms with Gasteiger partial charge in [0.1, 0.15) is 28.2 Å². The van der Waals surface area contributed by atoms with Gasteiger partial charge in [-0.25, -0.2) is 0 Å². The van der Waals surface area contributed by atoms with Crippen LogP contribution < -0.4 is 15.5 Å². The number of nitrogens with one attached hydrogen (secondary N) is 1. The summed E-state index contributed by atoms with van der Waals surface area (Å²) in [7, 11) is 0. The maximum atomic E-state index is 12.3. The lowest BCUT2D eigenvalue weighted by atomic mass is 10.1. The number of fused-ring (bicyclic) bond motifs is 1. The van der Waals surface area contributed by atoms with Gasteiger partial charge in [-0.05, 0) is 0 Å². The highest BCUT2D eigenvalue weighted by Crippen LogP contribution is 2.31. The molecule has 1 aromatic heterocycles. The first-order chi connectivity index (χ1) is 12.6. The predicted octanol–water partition coefficient (Wildman–Crippen LogP) is 1.65. The molecule has 0 atom stereocenters. The first kappa shape index (κ1) is 17.5. The highest BCUT2D eigenvalue weighted by molar-refractivity contribution is 5.86. The van der Waals surface area contributed by atoms with Crippen LogP contribution >= 0.6 is 0 Å². The van der Waals surface area contributed by atoms with Crippen molar-refractivity contribution in [1.29, 1.82) is 0 Å². The van der Waals surface area contributed by atoms with Crippen LogP contribution in [-0.2, 0) is 4.79 Å². The Morgan fingerprint density at radius 3 is 2.65 bits per heavy atom. The average Bonchev–Trinajstić information content (AvgIpc) is 2.64. The highest BCUT2D eigenvalue weighted by atomic mass is 16.5. The Balaban J connectivity index is 1.93. The number of phenols is 1. The van der Waals surface area contributed by atoms with E-state index in [9.17, 15) is 14.7 Å². The summed E-state index contributed by atoms with van der Waals surface area (Å²) in [6.07, 6.45) is 0. The van der Waals surface area contributed by atoms with Crippen LogP contribution in [0.2, 0.25) is 0 Å². The molecule has 0 aliphatic heterocycles. The van der Waals surface area contributed by atoms with E-state index in [0.29, 0.717) is 5.76 Å². The standard InChI is InChI=1S/C19H17NO6/c21-7-6-20-18(24)11-25-13-8-14(22)19-15(23)10-16(26-17(19)9-13)12-4-2-1-3-5-12/h1-5,8-10,21-22H,6-7,11H2,(H,20,24). The second-order valence-electron chi connectivity index (χ2n) is 5.52. The topological polar surface area (TPSA) is 109 Å². The third kappa shape index (κ3) is 3.84. The summed E-state index contributed by atoms with van der Waals surface area (Å²) in [5.74, 6) is -0.164. The van der Waals surface area contributed by atoms with E-state index in [1.54, 1.807) is 12.1 Å². The molecule has 0 spiro atoms. The van der Waals surface area contributed by atoms with Crippen LogP contribution in [-0.4, -0.2) is 35.9 Å². The van der Waals surface area contributed by atoms with Crippen molar-refractivity contribution in [3.05, 3.63) is 58.8 Å². The fourth-order valence-electron chi connectivity index (χ4n) is 2.47. The van der Waals surface area contributed by atoms with Crippen molar-refractivity contribution in [3.63, 3.8) is 0 Å². The molecule has 1 amide bonds. The Kier molecular flexibility index (Phi) is 5.19. The molecular formula is C19H17NO6. The van der Waals surface area contributed by atoms with Gasteiger partial charge in [0.2, 0.25) is 0 Å². The van der Waals surface area contributed by atoms with Gasteiger partial charge in [-0.15, -0.1) is 0 Å². The maximum Gasteiger partial charge on any atom is 0.258 e. The number of phenolic OH excluding ortho intramolecular Hbond substituents is 1. The predicted molar refractivity (Wildman–Crippen MR) is 95.2 cm³/mol. The van der Waals surface area contributed by atoms with E-state index in [4.69, 9.17) is 14.3 Å². The summed E-state index contributed by atoms with van der Waals surface area (Å²) in [5, 5.41) is 21.3. The van der Waals surface area contributed by atoms with E-state index in [-0.39, 0.29) is 47.7 Å². The molecule has 7 nitrogen and oxygen atoms in total. The lowest BCUT2D eigenvalue weighted by Crippen LogP contribution is -2.31. The van der Waals surface area contributed by atoms with Crippen molar-refractivity contribution in [2.75, 3.05) is 19.8 Å². The molecule has 3 rings (SSSR count). The summed E-state index contributed by atoms with van der Waals surface area (Å²) in [5.41, 5.74) is 0.498. The Bertz CT molecular complexity index is 980. The molecule has 3 aromatic rings. The molecule has 26 heavy (non-hydrogen) atoms. The Labute approximate surface area is 148 Å². The molecule has 0 bridgehead atoms. The van der Waals surface area contributed by atoms with Crippen molar-refractivity contribution in [1.82, 2.24) is 5.32 Å². The van der Waals surface area contributed by atoms with Gasteiger partial charge in [-0.2, -0.15) is 0 Å². The second-order valence-corrected chi connectivity index (χ2v) is 5.52. The molecule has 0 aliphatic rings. The fourth-order valence-corrected chi connectivity index (χ4v) is 2.47. The number of amides is 1. The Hall–Kier alpha value is -3.32. The number of hydrogen-bond donors (Lipinski definition) is 3. The van der Waals surface area contributed by atoms with Gasteiger partial charge in [0.05, 0.1) is 6.61 Å². The molecule has 2 aromatic carbocycles. The number of benzene rings is 2. The summed E-state index contributed by atoms with van der Waals surface area (Å²) in [4.78, 5) is 23.9. The minimum atomic E-state index is -0.418. The minimum Gasteiger partial charge on any atom is -0.507 e. The Morgan fingerprint density at radius 1 is 1.15 bits per heavy atom. The normalized spacial score (nSPS) is 10.7. The average molecular weight is 355 g/mol. The van der Waals surface area contributed by atoms with Crippen LogP contribution in [0.5, 0.6) is 11.5 Å². The number of carbonyl (C=O) groups is 1. The Morgan fingerprint density at radius 2 is 1.92 bits per heavy atom.